The molecule has 0 spiro atoms. The number of rotatable bonds is 6. The van der Waals surface area contributed by atoms with E-state index in [0.717, 1.165) is 25.3 Å². The van der Waals surface area contributed by atoms with E-state index in [0.29, 0.717) is 36.2 Å². The third-order valence-electron chi connectivity index (χ3n) is 3.57. The molecule has 1 aromatic carbocycles. The minimum absolute atomic E-state index is 0.375. The first-order valence-electron chi connectivity index (χ1n) is 8.45. The van der Waals surface area contributed by atoms with E-state index in [9.17, 15) is 0 Å². The number of benzene rings is 1. The van der Waals surface area contributed by atoms with Crippen LogP contribution >= 0.6 is 12.2 Å². The van der Waals surface area contributed by atoms with Gasteiger partial charge in [-0.05, 0) is 31.3 Å². The Bertz CT molecular complexity index is 723. The molecule has 0 radical (unpaired) electrons. The first-order valence-corrected chi connectivity index (χ1v) is 8.86. The van der Waals surface area contributed by atoms with Gasteiger partial charge in [0.1, 0.15) is 0 Å². The molecule has 0 unspecified atom stereocenters. The Hall–Kier alpha value is -2.72. The van der Waals surface area contributed by atoms with Gasteiger partial charge in [0.15, 0.2) is 5.11 Å². The van der Waals surface area contributed by atoms with Gasteiger partial charge in [0.25, 0.3) is 0 Å². The van der Waals surface area contributed by atoms with E-state index in [1.807, 2.05) is 37.3 Å². The number of nitrogens with one attached hydrogen (secondary N) is 4. The van der Waals surface area contributed by atoms with Crippen LogP contribution in [0.15, 0.2) is 30.3 Å². The number of hydrogen-bond acceptors (Lipinski definition) is 8. The van der Waals surface area contributed by atoms with Crippen LogP contribution in [0.5, 0.6) is 0 Å². The summed E-state index contributed by atoms with van der Waals surface area (Å²) in [4.78, 5) is 15.5. The van der Waals surface area contributed by atoms with Gasteiger partial charge in [0.2, 0.25) is 17.8 Å². The molecule has 0 amide bonds. The van der Waals surface area contributed by atoms with E-state index in [-0.39, 0.29) is 0 Å². The highest BCUT2D eigenvalue weighted by Gasteiger charge is 2.16. The largest absolute Gasteiger partial charge is 0.378 e. The van der Waals surface area contributed by atoms with Gasteiger partial charge in [0, 0.05) is 25.3 Å². The zero-order valence-electron chi connectivity index (χ0n) is 14.5. The number of anilines is 4. The normalized spacial score (nSPS) is 13.8. The lowest BCUT2D eigenvalue weighted by Gasteiger charge is -2.27. The maximum absolute atomic E-state index is 5.40. The summed E-state index contributed by atoms with van der Waals surface area (Å²) in [5.41, 5.74) is 6.69. The summed E-state index contributed by atoms with van der Waals surface area (Å²) in [6.07, 6.45) is 0. The van der Waals surface area contributed by atoms with Gasteiger partial charge in [-0.3, -0.25) is 10.9 Å². The van der Waals surface area contributed by atoms with E-state index in [4.69, 9.17) is 17.0 Å². The van der Waals surface area contributed by atoms with Crippen LogP contribution in [0.1, 0.15) is 6.92 Å². The number of thiocarbonyl (C=S) groups is 1. The standard InChI is InChI=1S/C16H22N8OS/c1-2-17-16(26)23-22-14-19-13(18-12-6-4-3-5-7-12)20-15(21-14)24-8-10-25-11-9-24/h3-7H,2,8-11H2,1H3,(H2,17,23,26)(H2,18,19,20,21,22). The lowest BCUT2D eigenvalue weighted by molar-refractivity contribution is 0.122. The summed E-state index contributed by atoms with van der Waals surface area (Å²) in [6.45, 7) is 5.46. The Balaban J connectivity index is 1.79. The van der Waals surface area contributed by atoms with Gasteiger partial charge in [0.05, 0.1) is 13.2 Å². The van der Waals surface area contributed by atoms with Crippen LogP contribution in [0.4, 0.5) is 23.5 Å². The fourth-order valence-corrected chi connectivity index (χ4v) is 2.54. The minimum Gasteiger partial charge on any atom is -0.378 e. The summed E-state index contributed by atoms with van der Waals surface area (Å²) >= 11 is 5.15. The van der Waals surface area contributed by atoms with Crippen molar-refractivity contribution < 1.29 is 4.74 Å². The van der Waals surface area contributed by atoms with Gasteiger partial charge >= 0.3 is 0 Å². The molecule has 4 N–H and O–H groups in total. The van der Waals surface area contributed by atoms with Gasteiger partial charge < -0.3 is 20.3 Å². The SMILES string of the molecule is CCNC(=S)NNc1nc(Nc2ccccc2)nc(N2CCOCC2)n1. The van der Waals surface area contributed by atoms with Crippen molar-refractivity contribution in [3.63, 3.8) is 0 Å². The Morgan fingerprint density at radius 1 is 1.12 bits per heavy atom. The molecule has 10 heteroatoms. The average Bonchev–Trinajstić information content (AvgIpc) is 2.68. The monoisotopic (exact) mass is 374 g/mol. The Labute approximate surface area is 157 Å². The van der Waals surface area contributed by atoms with Crippen LogP contribution in [-0.4, -0.2) is 52.9 Å². The number of aromatic nitrogens is 3. The van der Waals surface area contributed by atoms with Crippen LogP contribution in [-0.2, 0) is 4.74 Å². The summed E-state index contributed by atoms with van der Waals surface area (Å²) in [5, 5.41) is 6.66. The number of morpholine rings is 1. The zero-order valence-corrected chi connectivity index (χ0v) is 15.3. The fraction of sp³-hybridized carbons (Fsp3) is 0.375. The third-order valence-corrected chi connectivity index (χ3v) is 3.82. The molecular weight excluding hydrogens is 352 g/mol. The molecule has 1 fully saturated rings. The first kappa shape index (κ1) is 18.1. The number of para-hydroxylation sites is 1. The second-order valence-corrected chi connectivity index (χ2v) is 5.89. The van der Waals surface area contributed by atoms with Crippen LogP contribution in [0.2, 0.25) is 0 Å². The summed E-state index contributed by atoms with van der Waals surface area (Å²) in [6, 6.07) is 9.74. The van der Waals surface area contributed by atoms with Crippen molar-refractivity contribution >= 4 is 40.9 Å². The molecule has 1 aliphatic heterocycles. The van der Waals surface area contributed by atoms with Crippen LogP contribution < -0.4 is 26.4 Å². The highest BCUT2D eigenvalue weighted by molar-refractivity contribution is 7.80. The Morgan fingerprint density at radius 2 is 1.85 bits per heavy atom. The van der Waals surface area contributed by atoms with Gasteiger partial charge in [-0.25, -0.2) is 0 Å². The molecule has 1 aromatic heterocycles. The van der Waals surface area contributed by atoms with E-state index >= 15 is 0 Å². The van der Waals surface area contributed by atoms with E-state index in [1.54, 1.807) is 0 Å². The van der Waals surface area contributed by atoms with E-state index in [2.05, 4.69) is 41.3 Å². The molecule has 9 nitrogen and oxygen atoms in total. The number of hydrazine groups is 1. The molecule has 2 aromatic rings. The summed E-state index contributed by atoms with van der Waals surface area (Å²) < 4.78 is 5.40. The van der Waals surface area contributed by atoms with Gasteiger partial charge in [-0.2, -0.15) is 15.0 Å². The Kier molecular flexibility index (Phi) is 6.34. The molecule has 2 heterocycles. The molecule has 1 saturated heterocycles. The lowest BCUT2D eigenvalue weighted by atomic mass is 10.3. The van der Waals surface area contributed by atoms with Crippen LogP contribution in [0, 0.1) is 0 Å². The molecular formula is C16H22N8OS. The van der Waals surface area contributed by atoms with Gasteiger partial charge in [-0.1, -0.05) is 18.2 Å². The highest BCUT2D eigenvalue weighted by Crippen LogP contribution is 2.18. The number of ether oxygens (including phenoxy) is 1. The first-order chi connectivity index (χ1) is 12.7. The molecule has 0 saturated carbocycles. The third kappa shape index (κ3) is 5.14. The maximum Gasteiger partial charge on any atom is 0.248 e. The van der Waals surface area contributed by atoms with E-state index < -0.39 is 0 Å². The van der Waals surface area contributed by atoms with Crippen molar-refractivity contribution in [2.75, 3.05) is 48.5 Å². The average molecular weight is 374 g/mol. The van der Waals surface area contributed by atoms with Crippen molar-refractivity contribution in [3.05, 3.63) is 30.3 Å². The summed E-state index contributed by atoms with van der Waals surface area (Å²) in [7, 11) is 0. The second-order valence-electron chi connectivity index (χ2n) is 5.48. The summed E-state index contributed by atoms with van der Waals surface area (Å²) in [5.74, 6) is 1.41. The molecule has 0 atom stereocenters. The van der Waals surface area contributed by atoms with Crippen LogP contribution in [0.25, 0.3) is 0 Å². The van der Waals surface area contributed by atoms with Crippen molar-refractivity contribution in [1.82, 2.24) is 25.7 Å². The molecule has 26 heavy (non-hydrogen) atoms. The van der Waals surface area contributed by atoms with Crippen molar-refractivity contribution in [2.24, 2.45) is 0 Å². The quantitative estimate of drug-likeness (QED) is 0.437. The van der Waals surface area contributed by atoms with Crippen molar-refractivity contribution in [3.8, 4) is 0 Å². The molecule has 0 bridgehead atoms. The molecule has 0 aliphatic carbocycles. The van der Waals surface area contributed by atoms with Crippen molar-refractivity contribution in [1.29, 1.82) is 0 Å². The van der Waals surface area contributed by atoms with Gasteiger partial charge in [-0.15, -0.1) is 0 Å². The predicted molar refractivity (Wildman–Crippen MR) is 106 cm³/mol. The minimum atomic E-state index is 0.375. The zero-order chi connectivity index (χ0) is 18.2. The smallest absolute Gasteiger partial charge is 0.248 e. The maximum atomic E-state index is 5.40. The number of nitrogens with zero attached hydrogens (tertiary/aromatic N) is 4. The fourth-order valence-electron chi connectivity index (χ4n) is 2.35. The number of hydrogen-bond donors (Lipinski definition) is 4. The predicted octanol–water partition coefficient (Wildman–Crippen LogP) is 1.26. The van der Waals surface area contributed by atoms with E-state index in [1.165, 1.54) is 0 Å². The van der Waals surface area contributed by atoms with Crippen molar-refractivity contribution in [2.45, 2.75) is 6.92 Å². The Morgan fingerprint density at radius 3 is 2.58 bits per heavy atom. The molecule has 3 rings (SSSR count). The molecule has 1 aliphatic rings. The lowest BCUT2D eigenvalue weighted by Crippen LogP contribution is -2.40. The highest BCUT2D eigenvalue weighted by atomic mass is 32.1. The molecule has 138 valence electrons. The topological polar surface area (TPSA) is 99.3 Å². The van der Waals surface area contributed by atoms with Crippen LogP contribution in [0.3, 0.4) is 0 Å². The second kappa shape index (κ2) is 9.11.